The molecule has 1 heterocycles. The molecule has 64 valence electrons. The third kappa shape index (κ3) is 1.47. The highest BCUT2D eigenvalue weighted by atomic mass is 16.2. The van der Waals surface area contributed by atoms with Gasteiger partial charge >= 0.3 is 5.69 Å². The first-order valence-electron chi connectivity index (χ1n) is 4.06. The van der Waals surface area contributed by atoms with Crippen LogP contribution in [0.15, 0.2) is 15.8 Å². The Morgan fingerprint density at radius 2 is 2.17 bits per heavy atom. The molecule has 0 unspecified atom stereocenters. The molecule has 0 aliphatic heterocycles. The highest BCUT2D eigenvalue weighted by Gasteiger charge is 2.22. The molecule has 0 saturated heterocycles. The van der Waals surface area contributed by atoms with Crippen LogP contribution >= 0.6 is 0 Å². The Kier molecular flexibility index (Phi) is 1.60. The van der Waals surface area contributed by atoms with E-state index in [2.05, 4.69) is 9.97 Å². The fourth-order valence-electron chi connectivity index (χ4n) is 1.22. The monoisotopic (exact) mass is 166 g/mol. The van der Waals surface area contributed by atoms with E-state index in [1.807, 2.05) is 0 Å². The van der Waals surface area contributed by atoms with Crippen LogP contribution in [0.3, 0.4) is 0 Å². The van der Waals surface area contributed by atoms with E-state index in [4.69, 9.17) is 0 Å². The van der Waals surface area contributed by atoms with Crippen LogP contribution in [-0.2, 0) is 6.42 Å². The van der Waals surface area contributed by atoms with E-state index in [1.165, 1.54) is 19.0 Å². The van der Waals surface area contributed by atoms with Crippen LogP contribution in [-0.4, -0.2) is 9.97 Å². The van der Waals surface area contributed by atoms with Crippen LogP contribution < -0.4 is 11.2 Å². The number of rotatable bonds is 2. The highest BCUT2D eigenvalue weighted by molar-refractivity contribution is 5.06. The molecule has 12 heavy (non-hydrogen) atoms. The summed E-state index contributed by atoms with van der Waals surface area (Å²) in [5.41, 5.74) is 0.0160. The van der Waals surface area contributed by atoms with Gasteiger partial charge in [-0.3, -0.25) is 9.78 Å². The molecule has 4 nitrogen and oxygen atoms in total. The van der Waals surface area contributed by atoms with Crippen molar-refractivity contribution in [1.29, 1.82) is 0 Å². The largest absolute Gasteiger partial charge is 0.325 e. The second kappa shape index (κ2) is 2.62. The zero-order chi connectivity index (χ0) is 8.55. The summed E-state index contributed by atoms with van der Waals surface area (Å²) in [5.74, 6) is 0.664. The van der Waals surface area contributed by atoms with Crippen LogP contribution in [0.25, 0.3) is 0 Å². The van der Waals surface area contributed by atoms with E-state index >= 15 is 0 Å². The summed E-state index contributed by atoms with van der Waals surface area (Å²) < 4.78 is 0. The first kappa shape index (κ1) is 7.34. The number of hydrogen-bond donors (Lipinski definition) is 2. The summed E-state index contributed by atoms with van der Waals surface area (Å²) in [7, 11) is 0. The SMILES string of the molecule is O=c1[nH]cc(CC2CC2)c(=O)[nH]1. The lowest BCUT2D eigenvalue weighted by molar-refractivity contribution is 0.804. The van der Waals surface area contributed by atoms with E-state index in [0.29, 0.717) is 11.5 Å². The van der Waals surface area contributed by atoms with Crippen LogP contribution in [0.4, 0.5) is 0 Å². The summed E-state index contributed by atoms with van der Waals surface area (Å²) in [6.45, 7) is 0. The van der Waals surface area contributed by atoms with E-state index in [0.717, 1.165) is 6.42 Å². The van der Waals surface area contributed by atoms with Gasteiger partial charge in [0.25, 0.3) is 5.56 Å². The molecule has 1 saturated carbocycles. The molecule has 1 aliphatic carbocycles. The number of nitrogens with one attached hydrogen (secondary N) is 2. The van der Waals surface area contributed by atoms with Gasteiger partial charge in [-0.05, 0) is 25.2 Å². The lowest BCUT2D eigenvalue weighted by Gasteiger charge is -1.94. The Balaban J connectivity index is 2.30. The van der Waals surface area contributed by atoms with Gasteiger partial charge in [0, 0.05) is 11.8 Å². The Labute approximate surface area is 68.6 Å². The van der Waals surface area contributed by atoms with Gasteiger partial charge in [0.15, 0.2) is 0 Å². The Morgan fingerprint density at radius 3 is 2.75 bits per heavy atom. The van der Waals surface area contributed by atoms with Crippen LogP contribution in [0.5, 0.6) is 0 Å². The fourth-order valence-corrected chi connectivity index (χ4v) is 1.22. The minimum absolute atomic E-state index is 0.245. The second-order valence-electron chi connectivity index (χ2n) is 3.24. The van der Waals surface area contributed by atoms with Crippen molar-refractivity contribution in [1.82, 2.24) is 9.97 Å². The summed E-state index contributed by atoms with van der Waals surface area (Å²) in [5, 5.41) is 0. The van der Waals surface area contributed by atoms with Crippen molar-refractivity contribution in [2.45, 2.75) is 19.3 Å². The predicted octanol–water partition coefficient (Wildman–Crippen LogP) is 0.0157. The maximum atomic E-state index is 11.1. The zero-order valence-corrected chi connectivity index (χ0v) is 6.59. The standard InChI is InChI=1S/C8H10N2O2/c11-7-6(3-5-1-2-5)4-9-8(12)10-7/h4-5H,1-3H2,(H2,9,10,11,12). The molecular formula is C8H10N2O2. The Bertz CT molecular complexity index is 387. The van der Waals surface area contributed by atoms with Crippen molar-refractivity contribution in [3.63, 3.8) is 0 Å². The molecule has 1 fully saturated rings. The van der Waals surface area contributed by atoms with E-state index < -0.39 is 5.69 Å². The van der Waals surface area contributed by atoms with Crippen LogP contribution in [0.2, 0.25) is 0 Å². The summed E-state index contributed by atoms with van der Waals surface area (Å²) in [4.78, 5) is 26.4. The first-order valence-corrected chi connectivity index (χ1v) is 4.06. The average molecular weight is 166 g/mol. The van der Waals surface area contributed by atoms with Gasteiger partial charge in [0.1, 0.15) is 0 Å². The molecule has 4 heteroatoms. The molecule has 0 amide bonds. The van der Waals surface area contributed by atoms with E-state index in [1.54, 1.807) is 0 Å². The van der Waals surface area contributed by atoms with Crippen molar-refractivity contribution >= 4 is 0 Å². The van der Waals surface area contributed by atoms with Crippen LogP contribution in [0.1, 0.15) is 18.4 Å². The average Bonchev–Trinajstić information content (AvgIpc) is 2.79. The fraction of sp³-hybridized carbons (Fsp3) is 0.500. The minimum atomic E-state index is -0.431. The predicted molar refractivity (Wildman–Crippen MR) is 44.1 cm³/mol. The third-order valence-electron chi connectivity index (χ3n) is 2.10. The van der Waals surface area contributed by atoms with Gasteiger partial charge in [-0.15, -0.1) is 0 Å². The number of aromatic amines is 2. The zero-order valence-electron chi connectivity index (χ0n) is 6.59. The minimum Gasteiger partial charge on any atom is -0.314 e. The van der Waals surface area contributed by atoms with Crippen molar-refractivity contribution in [2.75, 3.05) is 0 Å². The van der Waals surface area contributed by atoms with Gasteiger partial charge < -0.3 is 4.98 Å². The first-order chi connectivity index (χ1) is 5.75. The smallest absolute Gasteiger partial charge is 0.314 e. The number of hydrogen-bond acceptors (Lipinski definition) is 2. The maximum absolute atomic E-state index is 11.1. The molecule has 1 aromatic rings. The molecule has 0 radical (unpaired) electrons. The Hall–Kier alpha value is -1.32. The molecule has 1 aromatic heterocycles. The van der Waals surface area contributed by atoms with Crippen molar-refractivity contribution in [3.05, 3.63) is 32.6 Å². The molecule has 2 rings (SSSR count). The normalized spacial score (nSPS) is 16.3. The topological polar surface area (TPSA) is 65.7 Å². The lowest BCUT2D eigenvalue weighted by atomic mass is 10.2. The summed E-state index contributed by atoms with van der Waals surface area (Å²) in [6.07, 6.45) is 4.72. The number of aromatic nitrogens is 2. The molecule has 0 bridgehead atoms. The maximum Gasteiger partial charge on any atom is 0.325 e. The summed E-state index contributed by atoms with van der Waals surface area (Å²) >= 11 is 0. The van der Waals surface area contributed by atoms with Crippen molar-refractivity contribution in [3.8, 4) is 0 Å². The summed E-state index contributed by atoms with van der Waals surface area (Å²) in [6, 6.07) is 0. The van der Waals surface area contributed by atoms with E-state index in [9.17, 15) is 9.59 Å². The molecule has 1 aliphatic rings. The van der Waals surface area contributed by atoms with Gasteiger partial charge in [0.05, 0.1) is 0 Å². The third-order valence-corrected chi connectivity index (χ3v) is 2.10. The van der Waals surface area contributed by atoms with Crippen molar-refractivity contribution in [2.24, 2.45) is 5.92 Å². The Morgan fingerprint density at radius 1 is 1.42 bits per heavy atom. The molecule has 0 spiro atoms. The van der Waals surface area contributed by atoms with Gasteiger partial charge in [-0.2, -0.15) is 0 Å². The van der Waals surface area contributed by atoms with Gasteiger partial charge in [-0.1, -0.05) is 0 Å². The quantitative estimate of drug-likeness (QED) is 0.650. The van der Waals surface area contributed by atoms with Crippen LogP contribution in [0, 0.1) is 5.92 Å². The van der Waals surface area contributed by atoms with Crippen molar-refractivity contribution < 1.29 is 0 Å². The lowest BCUT2D eigenvalue weighted by Crippen LogP contribution is -2.24. The second-order valence-corrected chi connectivity index (χ2v) is 3.24. The number of H-pyrrole nitrogens is 2. The molecule has 0 atom stereocenters. The molecule has 0 aromatic carbocycles. The van der Waals surface area contributed by atoms with Gasteiger partial charge in [0.2, 0.25) is 0 Å². The highest BCUT2D eigenvalue weighted by Crippen LogP contribution is 2.31. The molecule has 2 N–H and O–H groups in total. The molecular weight excluding hydrogens is 156 g/mol. The van der Waals surface area contributed by atoms with Gasteiger partial charge in [-0.25, -0.2) is 4.79 Å². The van der Waals surface area contributed by atoms with E-state index in [-0.39, 0.29) is 5.56 Å².